The van der Waals surface area contributed by atoms with Crippen molar-refractivity contribution in [3.63, 3.8) is 0 Å². The molecule has 0 atom stereocenters. The molecule has 3 rings (SSSR count). The van der Waals surface area contributed by atoms with Crippen LogP contribution in [0.2, 0.25) is 5.02 Å². The topological polar surface area (TPSA) is 117 Å². The van der Waals surface area contributed by atoms with E-state index in [-0.39, 0.29) is 23.9 Å². The lowest BCUT2D eigenvalue weighted by molar-refractivity contribution is -0.385. The summed E-state index contributed by atoms with van der Waals surface area (Å²) in [7, 11) is 0. The molecular formula is C17H13ClN2O7. The number of nitrogens with zero attached hydrogens (tertiary/aromatic N) is 1. The maximum absolute atomic E-state index is 12.0. The number of fused-ring (bicyclic) bond motifs is 1. The first kappa shape index (κ1) is 18.5. The molecular weight excluding hydrogens is 380 g/mol. The molecule has 140 valence electrons. The molecule has 0 saturated carbocycles. The second-order valence-electron chi connectivity index (χ2n) is 5.46. The third-order valence-electron chi connectivity index (χ3n) is 3.64. The van der Waals surface area contributed by atoms with Crippen LogP contribution in [0, 0.1) is 10.1 Å². The van der Waals surface area contributed by atoms with Crippen LogP contribution in [0.5, 0.6) is 11.5 Å². The van der Waals surface area contributed by atoms with Gasteiger partial charge in [0, 0.05) is 17.6 Å². The Hall–Kier alpha value is -3.33. The molecule has 2 aromatic carbocycles. The summed E-state index contributed by atoms with van der Waals surface area (Å²) in [6, 6.07) is 8.75. The minimum absolute atomic E-state index is 0.111. The molecule has 27 heavy (non-hydrogen) atoms. The number of nitro benzene ring substituents is 1. The van der Waals surface area contributed by atoms with E-state index in [1.807, 2.05) is 0 Å². The molecule has 0 saturated heterocycles. The van der Waals surface area contributed by atoms with Crippen LogP contribution in [-0.2, 0) is 16.1 Å². The zero-order valence-electron chi connectivity index (χ0n) is 13.8. The van der Waals surface area contributed by atoms with Crippen LogP contribution in [0.1, 0.15) is 15.9 Å². The molecule has 1 amide bonds. The lowest BCUT2D eigenvalue weighted by atomic mass is 10.2. The smallest absolute Gasteiger partial charge is 0.345 e. The Labute approximate surface area is 157 Å². The van der Waals surface area contributed by atoms with Crippen LogP contribution in [-0.4, -0.2) is 30.2 Å². The van der Waals surface area contributed by atoms with Gasteiger partial charge in [-0.05, 0) is 29.8 Å². The summed E-state index contributed by atoms with van der Waals surface area (Å²) in [6.07, 6.45) is 0. The van der Waals surface area contributed by atoms with Gasteiger partial charge in [0.1, 0.15) is 5.56 Å². The zero-order chi connectivity index (χ0) is 19.4. The van der Waals surface area contributed by atoms with E-state index >= 15 is 0 Å². The number of hydrogen-bond donors (Lipinski definition) is 1. The van der Waals surface area contributed by atoms with Gasteiger partial charge in [0.05, 0.1) is 4.92 Å². The third-order valence-corrected chi connectivity index (χ3v) is 3.87. The molecule has 0 radical (unpaired) electrons. The fourth-order valence-electron chi connectivity index (χ4n) is 2.34. The Morgan fingerprint density at radius 3 is 2.74 bits per heavy atom. The van der Waals surface area contributed by atoms with E-state index in [4.69, 9.17) is 25.8 Å². The zero-order valence-corrected chi connectivity index (χ0v) is 14.5. The number of halogens is 1. The second-order valence-corrected chi connectivity index (χ2v) is 5.90. The predicted octanol–water partition coefficient (Wildman–Crippen LogP) is 2.45. The van der Waals surface area contributed by atoms with Crippen LogP contribution in [0.4, 0.5) is 5.69 Å². The van der Waals surface area contributed by atoms with E-state index in [2.05, 4.69) is 5.32 Å². The van der Waals surface area contributed by atoms with Crippen LogP contribution in [0.3, 0.4) is 0 Å². The van der Waals surface area contributed by atoms with Crippen molar-refractivity contribution >= 4 is 29.2 Å². The van der Waals surface area contributed by atoms with Crippen molar-refractivity contribution in [2.75, 3.05) is 13.4 Å². The lowest BCUT2D eigenvalue weighted by Crippen LogP contribution is -2.28. The summed E-state index contributed by atoms with van der Waals surface area (Å²) < 4.78 is 15.3. The number of rotatable bonds is 6. The van der Waals surface area contributed by atoms with Crippen molar-refractivity contribution < 1.29 is 28.7 Å². The standard InChI is InChI=1S/C17H13ClN2O7/c18-11-2-3-12(13(6-11)20(23)24)17(22)25-8-16(21)19-7-10-1-4-14-15(5-10)27-9-26-14/h1-6H,7-9H2,(H,19,21). The molecule has 1 aliphatic rings. The van der Waals surface area contributed by atoms with Gasteiger partial charge in [0.25, 0.3) is 11.6 Å². The molecule has 0 unspecified atom stereocenters. The lowest BCUT2D eigenvalue weighted by Gasteiger charge is -2.08. The normalized spacial score (nSPS) is 11.7. The van der Waals surface area contributed by atoms with Crippen molar-refractivity contribution in [2.24, 2.45) is 0 Å². The molecule has 9 nitrogen and oxygen atoms in total. The number of hydrogen-bond acceptors (Lipinski definition) is 7. The van der Waals surface area contributed by atoms with Gasteiger partial charge in [-0.1, -0.05) is 17.7 Å². The Morgan fingerprint density at radius 1 is 1.19 bits per heavy atom. The number of nitrogens with one attached hydrogen (secondary N) is 1. The first-order valence-electron chi connectivity index (χ1n) is 7.70. The van der Waals surface area contributed by atoms with Crippen LogP contribution in [0.15, 0.2) is 36.4 Å². The predicted molar refractivity (Wildman–Crippen MR) is 92.8 cm³/mol. The van der Waals surface area contributed by atoms with Crippen molar-refractivity contribution in [3.8, 4) is 11.5 Å². The van der Waals surface area contributed by atoms with Gasteiger partial charge in [-0.3, -0.25) is 14.9 Å². The highest BCUT2D eigenvalue weighted by molar-refractivity contribution is 6.31. The van der Waals surface area contributed by atoms with Crippen LogP contribution < -0.4 is 14.8 Å². The number of esters is 1. The largest absolute Gasteiger partial charge is 0.454 e. The van der Waals surface area contributed by atoms with Crippen molar-refractivity contribution in [1.29, 1.82) is 0 Å². The fourth-order valence-corrected chi connectivity index (χ4v) is 2.51. The van der Waals surface area contributed by atoms with E-state index in [0.717, 1.165) is 11.6 Å². The summed E-state index contributed by atoms with van der Waals surface area (Å²) in [4.78, 5) is 34.1. The van der Waals surface area contributed by atoms with Gasteiger partial charge in [-0.15, -0.1) is 0 Å². The molecule has 0 fully saturated rings. The molecule has 10 heteroatoms. The average molecular weight is 393 g/mol. The molecule has 1 heterocycles. The van der Waals surface area contributed by atoms with E-state index in [1.165, 1.54) is 12.1 Å². The number of nitro groups is 1. The van der Waals surface area contributed by atoms with Crippen LogP contribution >= 0.6 is 11.6 Å². The highest BCUT2D eigenvalue weighted by Crippen LogP contribution is 2.32. The number of benzene rings is 2. The Balaban J connectivity index is 1.53. The molecule has 0 aliphatic carbocycles. The SMILES string of the molecule is O=C(COC(=O)c1ccc(Cl)cc1[N+](=O)[O-])NCc1ccc2c(c1)OCO2. The highest BCUT2D eigenvalue weighted by Gasteiger charge is 2.22. The third kappa shape index (κ3) is 4.45. The van der Waals surface area contributed by atoms with E-state index in [0.29, 0.717) is 11.5 Å². The minimum atomic E-state index is -0.989. The Kier molecular flexibility index (Phi) is 5.41. The molecule has 0 spiro atoms. The van der Waals surface area contributed by atoms with Gasteiger partial charge in [0.15, 0.2) is 18.1 Å². The Bertz CT molecular complexity index is 916. The highest BCUT2D eigenvalue weighted by atomic mass is 35.5. The van der Waals surface area contributed by atoms with E-state index in [1.54, 1.807) is 18.2 Å². The number of carbonyl (C=O) groups excluding carboxylic acids is 2. The van der Waals surface area contributed by atoms with Crippen molar-refractivity contribution in [3.05, 3.63) is 62.7 Å². The van der Waals surface area contributed by atoms with Gasteiger partial charge in [0.2, 0.25) is 6.79 Å². The van der Waals surface area contributed by atoms with Crippen molar-refractivity contribution in [2.45, 2.75) is 6.54 Å². The van der Waals surface area contributed by atoms with Gasteiger partial charge in [-0.25, -0.2) is 4.79 Å². The Morgan fingerprint density at radius 2 is 1.96 bits per heavy atom. The maximum Gasteiger partial charge on any atom is 0.345 e. The second kappa shape index (κ2) is 7.92. The number of carbonyl (C=O) groups is 2. The molecule has 1 aliphatic heterocycles. The van der Waals surface area contributed by atoms with E-state index in [9.17, 15) is 19.7 Å². The monoisotopic (exact) mass is 392 g/mol. The van der Waals surface area contributed by atoms with Gasteiger partial charge in [-0.2, -0.15) is 0 Å². The minimum Gasteiger partial charge on any atom is -0.454 e. The van der Waals surface area contributed by atoms with Gasteiger partial charge < -0.3 is 19.5 Å². The maximum atomic E-state index is 12.0. The van der Waals surface area contributed by atoms with Crippen LogP contribution in [0.25, 0.3) is 0 Å². The summed E-state index contributed by atoms with van der Waals surface area (Å²) in [5, 5.41) is 13.7. The fraction of sp³-hybridized carbons (Fsp3) is 0.176. The van der Waals surface area contributed by atoms with E-state index < -0.39 is 29.1 Å². The van der Waals surface area contributed by atoms with Crippen molar-refractivity contribution in [1.82, 2.24) is 5.32 Å². The van der Waals surface area contributed by atoms with Gasteiger partial charge >= 0.3 is 5.97 Å². The summed E-state index contributed by atoms with van der Waals surface area (Å²) in [5.74, 6) is -0.332. The molecule has 1 N–H and O–H groups in total. The average Bonchev–Trinajstić information content (AvgIpc) is 3.12. The summed E-state index contributed by atoms with van der Waals surface area (Å²) in [6.45, 7) is -0.241. The number of amides is 1. The molecule has 0 bridgehead atoms. The first-order chi connectivity index (χ1) is 12.9. The quantitative estimate of drug-likeness (QED) is 0.455. The summed E-state index contributed by atoms with van der Waals surface area (Å²) in [5.41, 5.74) is -0.00601. The summed E-state index contributed by atoms with van der Waals surface area (Å²) >= 11 is 5.69. The molecule has 2 aromatic rings. The molecule has 0 aromatic heterocycles. The first-order valence-corrected chi connectivity index (χ1v) is 8.08. The number of ether oxygens (including phenoxy) is 3.